The molecule has 0 bridgehead atoms. The fourth-order valence-electron chi connectivity index (χ4n) is 4.41. The van der Waals surface area contributed by atoms with E-state index in [1.807, 2.05) is 18.2 Å². The number of pyridine rings is 1. The van der Waals surface area contributed by atoms with Crippen LogP contribution in [0.4, 0.5) is 5.69 Å². The maximum Gasteiger partial charge on any atom is 0.0745 e. The van der Waals surface area contributed by atoms with Crippen LogP contribution in [0.3, 0.4) is 0 Å². The van der Waals surface area contributed by atoms with Crippen molar-refractivity contribution in [2.75, 3.05) is 37.6 Å². The van der Waals surface area contributed by atoms with Crippen molar-refractivity contribution in [3.63, 3.8) is 0 Å². The Bertz CT molecular complexity index is 953. The number of halogens is 3. The molecule has 2 aromatic carbocycles. The maximum atomic E-state index is 6.29. The SMILES string of the molecule is CCN(CC)CC1CCN(c2cc(-c3ccccc3)nc3cc(Cl)ccc23)CC1.Cl.Cl. The molecule has 1 aliphatic heterocycles. The number of benzene rings is 2. The summed E-state index contributed by atoms with van der Waals surface area (Å²) in [7, 11) is 0. The van der Waals surface area contributed by atoms with Gasteiger partial charge < -0.3 is 9.80 Å². The van der Waals surface area contributed by atoms with E-state index in [-0.39, 0.29) is 24.8 Å². The number of piperidine rings is 1. The average Bonchev–Trinajstić information content (AvgIpc) is 2.77. The van der Waals surface area contributed by atoms with Crippen LogP contribution in [0.2, 0.25) is 5.02 Å². The van der Waals surface area contributed by atoms with Gasteiger partial charge in [-0.1, -0.05) is 55.8 Å². The largest absolute Gasteiger partial charge is 0.371 e. The van der Waals surface area contributed by atoms with Crippen LogP contribution in [-0.4, -0.2) is 42.6 Å². The van der Waals surface area contributed by atoms with E-state index in [4.69, 9.17) is 16.6 Å². The minimum atomic E-state index is 0. The molecule has 1 saturated heterocycles. The molecule has 1 aliphatic rings. The summed E-state index contributed by atoms with van der Waals surface area (Å²) in [6, 6.07) is 18.8. The highest BCUT2D eigenvalue weighted by atomic mass is 35.5. The summed E-state index contributed by atoms with van der Waals surface area (Å²) in [5, 5.41) is 1.93. The molecule has 2 heterocycles. The van der Waals surface area contributed by atoms with Gasteiger partial charge in [-0.2, -0.15) is 0 Å². The molecule has 3 aromatic rings. The summed E-state index contributed by atoms with van der Waals surface area (Å²) in [5.41, 5.74) is 4.42. The van der Waals surface area contributed by atoms with E-state index in [1.165, 1.54) is 30.5 Å². The van der Waals surface area contributed by atoms with Crippen LogP contribution in [0.25, 0.3) is 22.2 Å². The Morgan fingerprint density at radius 1 is 0.968 bits per heavy atom. The zero-order valence-electron chi connectivity index (χ0n) is 18.3. The number of aromatic nitrogens is 1. The molecule has 0 spiro atoms. The highest BCUT2D eigenvalue weighted by molar-refractivity contribution is 6.31. The molecule has 0 atom stereocenters. The van der Waals surface area contributed by atoms with Gasteiger partial charge in [-0.25, -0.2) is 4.98 Å². The highest BCUT2D eigenvalue weighted by Gasteiger charge is 2.23. The second-order valence-corrected chi connectivity index (χ2v) is 8.41. The van der Waals surface area contributed by atoms with Crippen LogP contribution in [0.5, 0.6) is 0 Å². The predicted octanol–water partition coefficient (Wildman–Crippen LogP) is 6.96. The van der Waals surface area contributed by atoms with Gasteiger partial charge in [-0.05, 0) is 56.1 Å². The molecule has 168 valence electrons. The van der Waals surface area contributed by atoms with Crippen molar-refractivity contribution in [2.24, 2.45) is 5.92 Å². The van der Waals surface area contributed by atoms with Crippen molar-refractivity contribution in [1.82, 2.24) is 9.88 Å². The van der Waals surface area contributed by atoms with Gasteiger partial charge in [0.25, 0.3) is 0 Å². The van der Waals surface area contributed by atoms with Gasteiger partial charge in [0.2, 0.25) is 0 Å². The third-order valence-corrected chi connectivity index (χ3v) is 6.42. The van der Waals surface area contributed by atoms with Gasteiger partial charge in [-0.15, -0.1) is 24.8 Å². The first kappa shape index (κ1) is 25.7. The summed E-state index contributed by atoms with van der Waals surface area (Å²) in [6.07, 6.45) is 2.49. The van der Waals surface area contributed by atoms with Crippen molar-refractivity contribution < 1.29 is 0 Å². The fourth-order valence-corrected chi connectivity index (χ4v) is 4.57. The standard InChI is InChI=1S/C25H30ClN3.2ClH/c1-3-28(4-2)18-19-12-14-29(15-13-19)25-17-23(20-8-6-5-7-9-20)27-24-16-21(26)10-11-22(24)25;;/h5-11,16-17,19H,3-4,12-15,18H2,1-2H3;2*1H. The molecule has 0 radical (unpaired) electrons. The number of fused-ring (bicyclic) bond motifs is 1. The zero-order valence-corrected chi connectivity index (χ0v) is 20.6. The number of nitrogens with zero attached hydrogens (tertiary/aromatic N) is 3. The van der Waals surface area contributed by atoms with E-state index in [0.717, 1.165) is 53.9 Å². The third-order valence-electron chi connectivity index (χ3n) is 6.19. The lowest BCUT2D eigenvalue weighted by atomic mass is 9.95. The lowest BCUT2D eigenvalue weighted by Gasteiger charge is -2.36. The Labute approximate surface area is 203 Å². The van der Waals surface area contributed by atoms with E-state index >= 15 is 0 Å². The van der Waals surface area contributed by atoms with Crippen molar-refractivity contribution in [1.29, 1.82) is 0 Å². The van der Waals surface area contributed by atoms with Crippen molar-refractivity contribution in [3.8, 4) is 11.3 Å². The molecule has 0 aliphatic carbocycles. The molecule has 0 unspecified atom stereocenters. The molecule has 1 aromatic heterocycles. The van der Waals surface area contributed by atoms with Crippen LogP contribution < -0.4 is 4.90 Å². The minimum Gasteiger partial charge on any atom is -0.371 e. The summed E-state index contributed by atoms with van der Waals surface area (Å²) in [5.74, 6) is 0.794. The van der Waals surface area contributed by atoms with Gasteiger partial charge >= 0.3 is 0 Å². The Morgan fingerprint density at radius 3 is 2.29 bits per heavy atom. The van der Waals surface area contributed by atoms with E-state index in [9.17, 15) is 0 Å². The number of hydrogen-bond donors (Lipinski definition) is 0. The van der Waals surface area contributed by atoms with Gasteiger partial charge in [0.05, 0.1) is 11.2 Å². The minimum absolute atomic E-state index is 0. The quantitative estimate of drug-likeness (QED) is 0.380. The lowest BCUT2D eigenvalue weighted by molar-refractivity contribution is 0.229. The second kappa shape index (κ2) is 11.9. The smallest absolute Gasteiger partial charge is 0.0745 e. The molecule has 4 rings (SSSR count). The van der Waals surface area contributed by atoms with Crippen LogP contribution in [0.15, 0.2) is 54.6 Å². The number of rotatable bonds is 6. The normalized spacial score (nSPS) is 14.4. The van der Waals surface area contributed by atoms with E-state index in [0.29, 0.717) is 0 Å². The zero-order chi connectivity index (χ0) is 20.2. The summed E-state index contributed by atoms with van der Waals surface area (Å²) in [4.78, 5) is 10.0. The number of anilines is 1. The van der Waals surface area contributed by atoms with Crippen molar-refractivity contribution in [3.05, 3.63) is 59.6 Å². The first-order valence-corrected chi connectivity index (χ1v) is 11.2. The van der Waals surface area contributed by atoms with Crippen LogP contribution in [0, 0.1) is 5.92 Å². The Morgan fingerprint density at radius 2 is 1.65 bits per heavy atom. The maximum absolute atomic E-state index is 6.29. The highest BCUT2D eigenvalue weighted by Crippen LogP contribution is 2.34. The van der Waals surface area contributed by atoms with Gasteiger partial charge in [0, 0.05) is 41.3 Å². The first-order valence-electron chi connectivity index (χ1n) is 10.8. The van der Waals surface area contributed by atoms with E-state index in [2.05, 4.69) is 60.0 Å². The van der Waals surface area contributed by atoms with Crippen molar-refractivity contribution in [2.45, 2.75) is 26.7 Å². The van der Waals surface area contributed by atoms with Gasteiger partial charge in [0.15, 0.2) is 0 Å². The molecule has 3 nitrogen and oxygen atoms in total. The Balaban J connectivity index is 0.00000171. The van der Waals surface area contributed by atoms with E-state index in [1.54, 1.807) is 0 Å². The first-order chi connectivity index (χ1) is 14.2. The summed E-state index contributed by atoms with van der Waals surface area (Å²) >= 11 is 6.29. The third kappa shape index (κ3) is 6.04. The molecule has 1 fully saturated rings. The van der Waals surface area contributed by atoms with Crippen LogP contribution in [-0.2, 0) is 0 Å². The van der Waals surface area contributed by atoms with Crippen LogP contribution in [0.1, 0.15) is 26.7 Å². The molecule has 0 N–H and O–H groups in total. The molecule has 0 saturated carbocycles. The van der Waals surface area contributed by atoms with Gasteiger partial charge in [-0.3, -0.25) is 0 Å². The topological polar surface area (TPSA) is 19.4 Å². The molecule has 31 heavy (non-hydrogen) atoms. The monoisotopic (exact) mass is 479 g/mol. The van der Waals surface area contributed by atoms with E-state index < -0.39 is 0 Å². The lowest BCUT2D eigenvalue weighted by Crippen LogP contribution is -2.38. The molecular formula is C25H32Cl3N3. The molecule has 6 heteroatoms. The van der Waals surface area contributed by atoms with Gasteiger partial charge in [0.1, 0.15) is 0 Å². The number of hydrogen-bond acceptors (Lipinski definition) is 3. The Hall–Kier alpha value is -1.52. The van der Waals surface area contributed by atoms with Crippen molar-refractivity contribution >= 4 is 53.0 Å². The second-order valence-electron chi connectivity index (χ2n) is 7.97. The summed E-state index contributed by atoms with van der Waals surface area (Å²) < 4.78 is 0. The Kier molecular flexibility index (Phi) is 9.90. The molecule has 0 amide bonds. The average molecular weight is 481 g/mol. The van der Waals surface area contributed by atoms with Crippen LogP contribution >= 0.6 is 36.4 Å². The fraction of sp³-hybridized carbons (Fsp3) is 0.400. The predicted molar refractivity (Wildman–Crippen MR) is 139 cm³/mol. The summed E-state index contributed by atoms with van der Waals surface area (Å²) in [6.45, 7) is 10.2. The molecular weight excluding hydrogens is 449 g/mol.